The number of nitrogens with zero attached hydrogens (tertiary/aromatic N) is 5. The summed E-state index contributed by atoms with van der Waals surface area (Å²) in [6.07, 6.45) is 1.21. The lowest BCUT2D eigenvalue weighted by atomic mass is 10.1. The number of hydrogen-bond acceptors (Lipinski definition) is 7. The van der Waals surface area contributed by atoms with Crippen molar-refractivity contribution in [3.8, 4) is 0 Å². The fourth-order valence-electron chi connectivity index (χ4n) is 3.97. The molecule has 1 aromatic rings. The molecule has 2 unspecified atom stereocenters. The molecule has 152 valence electrons. The minimum absolute atomic E-state index is 0.422. The third kappa shape index (κ3) is 2.68. The molecule has 0 saturated carbocycles. The van der Waals surface area contributed by atoms with Crippen molar-refractivity contribution in [3.05, 3.63) is 41.2 Å². The van der Waals surface area contributed by atoms with Gasteiger partial charge in [0.1, 0.15) is 6.54 Å². The van der Waals surface area contributed by atoms with E-state index in [-0.39, 0.29) is 0 Å². The Balaban J connectivity index is 1.72. The van der Waals surface area contributed by atoms with Crippen molar-refractivity contribution in [1.29, 1.82) is 0 Å². The number of likely N-dealkylation sites (N-methyl/N-ethyl adjacent to an activating group) is 1. The van der Waals surface area contributed by atoms with Gasteiger partial charge in [-0.1, -0.05) is 12.1 Å². The number of hydrogen-bond donors (Lipinski definition) is 0. The van der Waals surface area contributed by atoms with Gasteiger partial charge >= 0.3 is 12.0 Å². The average Bonchev–Trinajstić information content (AvgIpc) is 3.20. The first-order chi connectivity index (χ1) is 13.8. The molecule has 3 heterocycles. The first-order valence-corrected chi connectivity index (χ1v) is 9.32. The van der Waals surface area contributed by atoms with Crippen molar-refractivity contribution in [1.82, 2.24) is 14.7 Å². The van der Waals surface area contributed by atoms with Crippen LogP contribution in [0.1, 0.15) is 18.1 Å². The highest BCUT2D eigenvalue weighted by Crippen LogP contribution is 2.37. The Labute approximate surface area is 168 Å². The molecule has 0 spiro atoms. The predicted octanol–water partition coefficient (Wildman–Crippen LogP) is 1.42. The molecule has 0 aliphatic carbocycles. The van der Waals surface area contributed by atoms with Crippen LogP contribution in [0.5, 0.6) is 0 Å². The molecule has 3 aliphatic rings. The summed E-state index contributed by atoms with van der Waals surface area (Å²) in [4.78, 5) is 48.3. The Kier molecular flexibility index (Phi) is 4.33. The first kappa shape index (κ1) is 19.0. The van der Waals surface area contributed by atoms with E-state index in [4.69, 9.17) is 4.99 Å². The van der Waals surface area contributed by atoms with Gasteiger partial charge in [0.05, 0.1) is 12.8 Å². The van der Waals surface area contributed by atoms with E-state index >= 15 is 0 Å². The van der Waals surface area contributed by atoms with Crippen LogP contribution in [0.4, 0.5) is 10.5 Å². The smallest absolute Gasteiger partial charge is 0.328 e. The maximum absolute atomic E-state index is 13.1. The van der Waals surface area contributed by atoms with Crippen molar-refractivity contribution < 1.29 is 19.1 Å². The number of anilines is 1. The molecular weight excluding hydrogens is 374 g/mol. The van der Waals surface area contributed by atoms with E-state index in [9.17, 15) is 14.4 Å². The number of fused-ring (bicyclic) bond motifs is 3. The molecule has 0 N–H and O–H groups in total. The van der Waals surface area contributed by atoms with Crippen LogP contribution >= 0.6 is 0 Å². The summed E-state index contributed by atoms with van der Waals surface area (Å²) >= 11 is 0. The van der Waals surface area contributed by atoms with Crippen LogP contribution in [-0.2, 0) is 14.3 Å². The first-order valence-electron chi connectivity index (χ1n) is 9.32. The van der Waals surface area contributed by atoms with Crippen LogP contribution in [0.15, 0.2) is 35.1 Å². The Morgan fingerprint density at radius 1 is 1.21 bits per heavy atom. The van der Waals surface area contributed by atoms with E-state index < -0.39 is 36.7 Å². The number of benzene rings is 1. The molecule has 3 aliphatic heterocycles. The van der Waals surface area contributed by atoms with Gasteiger partial charge in [0.15, 0.2) is 12.2 Å². The number of imide groups is 1. The van der Waals surface area contributed by atoms with Crippen LogP contribution in [-0.4, -0.2) is 71.5 Å². The maximum Gasteiger partial charge on any atom is 0.328 e. The quantitative estimate of drug-likeness (QED) is 0.717. The lowest BCUT2D eigenvalue weighted by Crippen LogP contribution is -2.65. The van der Waals surface area contributed by atoms with Crippen molar-refractivity contribution in [3.63, 3.8) is 0 Å². The maximum atomic E-state index is 13.1. The van der Waals surface area contributed by atoms with Gasteiger partial charge in [-0.2, -0.15) is 0 Å². The number of ether oxygens (including phenoxy) is 1. The molecule has 0 radical (unpaired) electrons. The zero-order chi connectivity index (χ0) is 21.0. The van der Waals surface area contributed by atoms with E-state index in [1.165, 1.54) is 12.0 Å². The summed E-state index contributed by atoms with van der Waals surface area (Å²) in [5.41, 5.74) is 4.16. The monoisotopic (exact) mass is 397 g/mol. The third-order valence-electron chi connectivity index (χ3n) is 5.72. The minimum Gasteiger partial charge on any atom is -0.468 e. The highest BCUT2D eigenvalue weighted by Gasteiger charge is 2.54. The molecule has 1 saturated heterocycles. The summed E-state index contributed by atoms with van der Waals surface area (Å²) in [6, 6.07) is 4.75. The number of aliphatic imine (C=N–C) groups is 1. The Bertz CT molecular complexity index is 985. The summed E-state index contributed by atoms with van der Waals surface area (Å²) in [6.45, 7) is 5.62. The second-order valence-electron chi connectivity index (χ2n) is 7.41. The second-order valence-corrected chi connectivity index (χ2v) is 7.41. The minimum atomic E-state index is -0.720. The van der Waals surface area contributed by atoms with Gasteiger partial charge in [-0.15, -0.1) is 0 Å². The van der Waals surface area contributed by atoms with E-state index in [0.29, 0.717) is 5.96 Å². The summed E-state index contributed by atoms with van der Waals surface area (Å²) < 4.78 is 4.63. The van der Waals surface area contributed by atoms with Crippen LogP contribution in [0, 0.1) is 13.8 Å². The SMILES string of the molecule is COC(=O)CN1C(=O)C2C(N=C3N(c4cccc(C)c4C)C(C)=CN32)N(C)C1=O. The van der Waals surface area contributed by atoms with Gasteiger partial charge in [0, 0.05) is 18.9 Å². The topological polar surface area (TPSA) is 85.8 Å². The molecule has 0 bridgehead atoms. The third-order valence-corrected chi connectivity index (χ3v) is 5.72. The van der Waals surface area contributed by atoms with Gasteiger partial charge < -0.3 is 14.5 Å². The van der Waals surface area contributed by atoms with Gasteiger partial charge in [0.25, 0.3) is 5.91 Å². The predicted molar refractivity (Wildman–Crippen MR) is 106 cm³/mol. The molecule has 9 heteroatoms. The van der Waals surface area contributed by atoms with Crippen molar-refractivity contribution in [2.75, 3.05) is 25.6 Å². The summed E-state index contributed by atoms with van der Waals surface area (Å²) in [7, 11) is 2.81. The van der Waals surface area contributed by atoms with Gasteiger partial charge in [-0.05, 0) is 38.0 Å². The lowest BCUT2D eigenvalue weighted by Gasteiger charge is -2.39. The van der Waals surface area contributed by atoms with Crippen molar-refractivity contribution >= 4 is 29.6 Å². The molecular formula is C20H23N5O4. The standard InChI is InChI=1S/C20H23N5O4/c1-11-7-6-8-14(13(11)3)25-12(2)9-23-16-17(21-19(23)25)22(4)20(28)24(18(16)27)10-15(26)29-5/h6-9,16-17H,10H2,1-5H3. The molecule has 4 rings (SSSR count). The Morgan fingerprint density at radius 2 is 1.93 bits per heavy atom. The van der Waals surface area contributed by atoms with Crippen LogP contribution in [0.25, 0.3) is 0 Å². The largest absolute Gasteiger partial charge is 0.468 e. The fraction of sp³-hybridized carbons (Fsp3) is 0.400. The van der Waals surface area contributed by atoms with Crippen molar-refractivity contribution in [2.45, 2.75) is 33.0 Å². The molecule has 3 amide bonds. The number of rotatable bonds is 3. The van der Waals surface area contributed by atoms with E-state index in [2.05, 4.69) is 4.74 Å². The van der Waals surface area contributed by atoms with E-state index in [1.807, 2.05) is 50.1 Å². The number of methoxy groups -OCH3 is 1. The van der Waals surface area contributed by atoms with E-state index in [0.717, 1.165) is 27.4 Å². The van der Waals surface area contributed by atoms with Gasteiger partial charge in [0.2, 0.25) is 5.96 Å². The fourth-order valence-corrected chi connectivity index (χ4v) is 3.97. The number of carbonyl (C=O) groups excluding carboxylic acids is 3. The average molecular weight is 397 g/mol. The Hall–Kier alpha value is -3.36. The number of urea groups is 1. The van der Waals surface area contributed by atoms with Gasteiger partial charge in [-0.25, -0.2) is 9.79 Å². The van der Waals surface area contributed by atoms with Crippen LogP contribution in [0.3, 0.4) is 0 Å². The molecule has 0 aromatic heterocycles. The second kappa shape index (κ2) is 6.61. The van der Waals surface area contributed by atoms with E-state index in [1.54, 1.807) is 11.9 Å². The molecule has 9 nitrogen and oxygen atoms in total. The number of esters is 1. The normalized spacial score (nSPS) is 23.2. The highest BCUT2D eigenvalue weighted by molar-refractivity contribution is 6.10. The summed E-state index contributed by atoms with van der Waals surface area (Å²) in [5.74, 6) is -0.518. The zero-order valence-electron chi connectivity index (χ0n) is 17.0. The van der Waals surface area contributed by atoms with Crippen LogP contribution < -0.4 is 4.90 Å². The molecule has 29 heavy (non-hydrogen) atoms. The van der Waals surface area contributed by atoms with Crippen molar-refractivity contribution in [2.24, 2.45) is 4.99 Å². The highest BCUT2D eigenvalue weighted by atomic mass is 16.5. The number of amides is 3. The number of carbonyl (C=O) groups is 3. The molecule has 1 fully saturated rings. The summed E-state index contributed by atoms with van der Waals surface area (Å²) in [5, 5.41) is 0. The molecule has 2 atom stereocenters. The zero-order valence-corrected chi connectivity index (χ0v) is 17.0. The number of allylic oxidation sites excluding steroid dienone is 1. The number of guanidine groups is 1. The molecule has 1 aromatic carbocycles. The lowest BCUT2D eigenvalue weighted by molar-refractivity contribution is -0.148. The Morgan fingerprint density at radius 3 is 2.62 bits per heavy atom. The number of aryl methyl sites for hydroxylation is 1. The van der Waals surface area contributed by atoms with Gasteiger partial charge in [-0.3, -0.25) is 19.4 Å². The van der Waals surface area contributed by atoms with Crippen LogP contribution in [0.2, 0.25) is 0 Å².